The van der Waals surface area contributed by atoms with E-state index >= 15 is 0 Å². The van der Waals surface area contributed by atoms with Gasteiger partial charge < -0.3 is 29.9 Å². The third-order valence-electron chi connectivity index (χ3n) is 4.55. The molecular weight excluding hydrogens is 240 g/mol. The van der Waals surface area contributed by atoms with Crippen LogP contribution < -0.4 is 0 Å². The van der Waals surface area contributed by atoms with Gasteiger partial charge in [0.1, 0.15) is 23.4 Å². The van der Waals surface area contributed by atoms with Crippen LogP contribution in [0.15, 0.2) is 0 Å². The lowest BCUT2D eigenvalue weighted by molar-refractivity contribution is -0.171. The zero-order valence-electron chi connectivity index (χ0n) is 11.2. The molecule has 0 aromatic heterocycles. The summed E-state index contributed by atoms with van der Waals surface area (Å²) in [6.07, 6.45) is -2.17. The molecule has 2 fully saturated rings. The van der Waals surface area contributed by atoms with Gasteiger partial charge in [-0.3, -0.25) is 0 Å². The maximum Gasteiger partial charge on any atom is 0.163 e. The minimum Gasteiger partial charge on any atom is -0.394 e. The first kappa shape index (κ1) is 14.2. The van der Waals surface area contributed by atoms with Crippen molar-refractivity contribution in [2.45, 2.75) is 56.9 Å². The van der Waals surface area contributed by atoms with Crippen molar-refractivity contribution in [3.05, 3.63) is 0 Å². The standard InChI is InChI=1S/C12H22O6/c1-9(2)11(15,7(14)5-13)12(9,16)8-6-17-10(3,4)18-8/h7-8,13-16H,5-6H2,1-4H3/t7-,8-,11+,12+/m1/s1. The van der Waals surface area contributed by atoms with E-state index in [1.54, 1.807) is 27.7 Å². The van der Waals surface area contributed by atoms with E-state index in [0.717, 1.165) is 0 Å². The molecule has 1 aliphatic carbocycles. The molecule has 6 heteroatoms. The molecule has 1 saturated carbocycles. The van der Waals surface area contributed by atoms with Crippen molar-refractivity contribution in [3.8, 4) is 0 Å². The monoisotopic (exact) mass is 262 g/mol. The Morgan fingerprint density at radius 1 is 1.22 bits per heavy atom. The molecule has 0 unspecified atom stereocenters. The van der Waals surface area contributed by atoms with E-state index in [9.17, 15) is 15.3 Å². The van der Waals surface area contributed by atoms with Gasteiger partial charge in [0.15, 0.2) is 5.79 Å². The minimum absolute atomic E-state index is 0.132. The van der Waals surface area contributed by atoms with Crippen LogP contribution in [-0.4, -0.2) is 62.8 Å². The van der Waals surface area contributed by atoms with E-state index < -0.39 is 41.2 Å². The van der Waals surface area contributed by atoms with Gasteiger partial charge in [-0.1, -0.05) is 13.8 Å². The molecule has 18 heavy (non-hydrogen) atoms. The summed E-state index contributed by atoms with van der Waals surface area (Å²) in [6.45, 7) is 6.19. The minimum atomic E-state index is -1.80. The first-order valence-electron chi connectivity index (χ1n) is 6.10. The number of aliphatic hydroxyl groups is 4. The maximum absolute atomic E-state index is 10.7. The summed E-state index contributed by atoms with van der Waals surface area (Å²) in [6, 6.07) is 0. The molecule has 0 aromatic carbocycles. The van der Waals surface area contributed by atoms with Crippen LogP contribution in [0.5, 0.6) is 0 Å². The Kier molecular flexibility index (Phi) is 2.88. The van der Waals surface area contributed by atoms with Crippen molar-refractivity contribution in [3.63, 3.8) is 0 Å². The number of ether oxygens (including phenoxy) is 2. The van der Waals surface area contributed by atoms with E-state index in [-0.39, 0.29) is 6.61 Å². The lowest BCUT2D eigenvalue weighted by atomic mass is 10.0. The topological polar surface area (TPSA) is 99.4 Å². The fourth-order valence-electron chi connectivity index (χ4n) is 3.24. The van der Waals surface area contributed by atoms with Gasteiger partial charge >= 0.3 is 0 Å². The van der Waals surface area contributed by atoms with Crippen LogP contribution in [0, 0.1) is 5.41 Å². The molecule has 6 nitrogen and oxygen atoms in total. The highest BCUT2D eigenvalue weighted by Crippen LogP contribution is 2.69. The Morgan fingerprint density at radius 2 is 1.78 bits per heavy atom. The Labute approximate surface area is 106 Å². The lowest BCUT2D eigenvalue weighted by Crippen LogP contribution is -2.47. The second-order valence-electron chi connectivity index (χ2n) is 6.17. The van der Waals surface area contributed by atoms with Crippen molar-refractivity contribution in [1.29, 1.82) is 0 Å². The fraction of sp³-hybridized carbons (Fsp3) is 1.00. The average Bonchev–Trinajstić information content (AvgIpc) is 2.59. The summed E-state index contributed by atoms with van der Waals surface area (Å²) in [4.78, 5) is 0. The molecule has 4 atom stereocenters. The Morgan fingerprint density at radius 3 is 2.17 bits per heavy atom. The predicted molar refractivity (Wildman–Crippen MR) is 61.7 cm³/mol. The zero-order chi connectivity index (χ0) is 14.0. The van der Waals surface area contributed by atoms with Gasteiger partial charge in [-0.2, -0.15) is 0 Å². The molecule has 2 rings (SSSR count). The summed E-state index contributed by atoms with van der Waals surface area (Å²) in [7, 11) is 0. The first-order valence-corrected chi connectivity index (χ1v) is 6.10. The van der Waals surface area contributed by atoms with Crippen LogP contribution in [0.2, 0.25) is 0 Å². The van der Waals surface area contributed by atoms with Crippen molar-refractivity contribution in [2.24, 2.45) is 5.41 Å². The summed E-state index contributed by atoms with van der Waals surface area (Å²) in [5.74, 6) is -0.829. The van der Waals surface area contributed by atoms with Gasteiger partial charge in [0.2, 0.25) is 0 Å². The summed E-state index contributed by atoms with van der Waals surface area (Å²) in [5.41, 5.74) is -4.43. The maximum atomic E-state index is 10.7. The molecule has 0 spiro atoms. The van der Waals surface area contributed by atoms with Crippen LogP contribution >= 0.6 is 0 Å². The van der Waals surface area contributed by atoms with Gasteiger partial charge in [-0.05, 0) is 13.8 Å². The van der Waals surface area contributed by atoms with E-state index in [4.69, 9.17) is 14.6 Å². The second-order valence-corrected chi connectivity index (χ2v) is 6.17. The molecule has 0 aromatic rings. The fourth-order valence-corrected chi connectivity index (χ4v) is 3.24. The lowest BCUT2D eigenvalue weighted by Gasteiger charge is -2.25. The molecule has 1 saturated heterocycles. The van der Waals surface area contributed by atoms with Crippen molar-refractivity contribution < 1.29 is 29.9 Å². The molecular formula is C12H22O6. The van der Waals surface area contributed by atoms with Crippen molar-refractivity contribution in [1.82, 2.24) is 0 Å². The summed E-state index contributed by atoms with van der Waals surface area (Å²) < 4.78 is 11.0. The van der Waals surface area contributed by atoms with Gasteiger partial charge in [0.05, 0.1) is 13.2 Å². The molecule has 0 bridgehead atoms. The SMILES string of the molecule is CC1(C)OC[C@H]([C@]2(O)C(C)(C)[C@@]2(O)[C@H](O)CO)O1. The third kappa shape index (κ3) is 1.39. The van der Waals surface area contributed by atoms with Crippen LogP contribution in [-0.2, 0) is 9.47 Å². The predicted octanol–water partition coefficient (Wildman–Crippen LogP) is -1.01. The molecule has 106 valence electrons. The Hall–Kier alpha value is -0.240. The Balaban J connectivity index is 2.28. The average molecular weight is 262 g/mol. The number of hydrogen-bond donors (Lipinski definition) is 4. The zero-order valence-corrected chi connectivity index (χ0v) is 11.2. The van der Waals surface area contributed by atoms with Crippen LogP contribution in [0.3, 0.4) is 0 Å². The van der Waals surface area contributed by atoms with Crippen molar-refractivity contribution in [2.75, 3.05) is 13.2 Å². The highest BCUT2D eigenvalue weighted by atomic mass is 16.7. The smallest absolute Gasteiger partial charge is 0.163 e. The van der Waals surface area contributed by atoms with Crippen LogP contribution in [0.25, 0.3) is 0 Å². The van der Waals surface area contributed by atoms with Crippen LogP contribution in [0.4, 0.5) is 0 Å². The number of rotatable bonds is 3. The molecule has 2 aliphatic rings. The molecule has 4 N–H and O–H groups in total. The Bertz CT molecular complexity index is 354. The molecule has 1 aliphatic heterocycles. The summed E-state index contributed by atoms with van der Waals surface area (Å²) in [5, 5.41) is 40.0. The normalized spacial score (nSPS) is 47.0. The summed E-state index contributed by atoms with van der Waals surface area (Å²) >= 11 is 0. The number of hydrogen-bond acceptors (Lipinski definition) is 6. The van der Waals surface area contributed by atoms with Crippen LogP contribution in [0.1, 0.15) is 27.7 Å². The van der Waals surface area contributed by atoms with E-state index in [1.165, 1.54) is 0 Å². The third-order valence-corrected chi connectivity index (χ3v) is 4.55. The molecule has 0 amide bonds. The first-order chi connectivity index (χ1) is 8.04. The van der Waals surface area contributed by atoms with Gasteiger partial charge in [0.25, 0.3) is 0 Å². The van der Waals surface area contributed by atoms with Crippen molar-refractivity contribution >= 4 is 0 Å². The largest absolute Gasteiger partial charge is 0.394 e. The number of aliphatic hydroxyl groups excluding tert-OH is 2. The molecule has 0 radical (unpaired) electrons. The highest BCUT2D eigenvalue weighted by molar-refractivity contribution is 5.37. The quantitative estimate of drug-likeness (QED) is 0.520. The highest BCUT2D eigenvalue weighted by Gasteiger charge is 2.88. The molecule has 1 heterocycles. The second kappa shape index (κ2) is 3.65. The van der Waals surface area contributed by atoms with E-state index in [0.29, 0.717) is 0 Å². The van der Waals surface area contributed by atoms with Gasteiger partial charge in [-0.25, -0.2) is 0 Å². The van der Waals surface area contributed by atoms with E-state index in [2.05, 4.69) is 0 Å². The van der Waals surface area contributed by atoms with Gasteiger partial charge in [0, 0.05) is 5.41 Å². The van der Waals surface area contributed by atoms with Gasteiger partial charge in [-0.15, -0.1) is 0 Å². The van der Waals surface area contributed by atoms with E-state index in [1.807, 2.05) is 0 Å².